The number of aliphatic carboxylic acids is 1. The third kappa shape index (κ3) is 4.41. The van der Waals surface area contributed by atoms with Crippen LogP contribution in [0.1, 0.15) is 33.1 Å². The summed E-state index contributed by atoms with van der Waals surface area (Å²) in [7, 11) is 0. The van der Waals surface area contributed by atoms with Crippen molar-refractivity contribution in [3.63, 3.8) is 0 Å². The van der Waals surface area contributed by atoms with E-state index < -0.39 is 23.1 Å². The second-order valence-electron chi connectivity index (χ2n) is 5.76. The van der Waals surface area contributed by atoms with Gasteiger partial charge in [0.25, 0.3) is 0 Å². The van der Waals surface area contributed by atoms with E-state index in [0.29, 0.717) is 6.42 Å². The zero-order valence-corrected chi connectivity index (χ0v) is 12.8. The Bertz CT molecular complexity index is 536. The molecular weight excluding hydrogens is 296 g/mol. The van der Waals surface area contributed by atoms with Gasteiger partial charge in [0, 0.05) is 16.2 Å². The van der Waals surface area contributed by atoms with Crippen molar-refractivity contribution in [1.29, 1.82) is 0 Å². The highest BCUT2D eigenvalue weighted by Gasteiger charge is 2.39. The third-order valence-electron chi connectivity index (χ3n) is 3.49. The molecule has 0 spiro atoms. The fourth-order valence-electron chi connectivity index (χ4n) is 2.29. The van der Waals surface area contributed by atoms with Gasteiger partial charge in [-0.15, -0.1) is 11.8 Å². The van der Waals surface area contributed by atoms with Gasteiger partial charge in [-0.3, -0.25) is 10.1 Å². The number of rotatable bonds is 7. The summed E-state index contributed by atoms with van der Waals surface area (Å²) < 4.78 is 26.8. The Balaban J connectivity index is 2.03. The standard InChI is InChI=1S/C15H19F2NO2S/c1-9(21-13-7-10(16)3-6-12(13)17)8-15(2,14(19)20)18-11-4-5-11/h3,6-7,9,11,18H,4-5,8H2,1-2H3,(H,19,20). The van der Waals surface area contributed by atoms with E-state index in [2.05, 4.69) is 5.32 Å². The van der Waals surface area contributed by atoms with Gasteiger partial charge in [-0.05, 0) is 44.4 Å². The molecule has 0 radical (unpaired) electrons. The topological polar surface area (TPSA) is 49.3 Å². The van der Waals surface area contributed by atoms with Gasteiger partial charge in [0.2, 0.25) is 0 Å². The maximum Gasteiger partial charge on any atom is 0.323 e. The predicted molar refractivity (Wildman–Crippen MR) is 78.5 cm³/mol. The Morgan fingerprint density at radius 2 is 2.19 bits per heavy atom. The van der Waals surface area contributed by atoms with Crippen molar-refractivity contribution in [3.05, 3.63) is 29.8 Å². The maximum absolute atomic E-state index is 13.6. The molecule has 1 aromatic rings. The number of carbonyl (C=O) groups is 1. The van der Waals surface area contributed by atoms with Crippen LogP contribution in [0.25, 0.3) is 0 Å². The molecule has 0 amide bonds. The first-order valence-electron chi connectivity index (χ1n) is 6.93. The molecule has 0 saturated heterocycles. The van der Waals surface area contributed by atoms with Crippen LogP contribution in [0.2, 0.25) is 0 Å². The predicted octanol–water partition coefficient (Wildman–Crippen LogP) is 3.43. The number of benzene rings is 1. The third-order valence-corrected chi connectivity index (χ3v) is 4.62. The summed E-state index contributed by atoms with van der Waals surface area (Å²) in [4.78, 5) is 11.7. The lowest BCUT2D eigenvalue weighted by Crippen LogP contribution is -2.51. The van der Waals surface area contributed by atoms with Crippen LogP contribution >= 0.6 is 11.8 Å². The fraction of sp³-hybridized carbons (Fsp3) is 0.533. The van der Waals surface area contributed by atoms with Crippen LogP contribution in [0, 0.1) is 11.6 Å². The average molecular weight is 315 g/mol. The highest BCUT2D eigenvalue weighted by Crippen LogP contribution is 2.33. The number of hydrogen-bond acceptors (Lipinski definition) is 3. The molecule has 1 fully saturated rings. The summed E-state index contributed by atoms with van der Waals surface area (Å²) >= 11 is 1.16. The minimum atomic E-state index is -1.04. The summed E-state index contributed by atoms with van der Waals surface area (Å²) in [6.45, 7) is 3.47. The summed E-state index contributed by atoms with van der Waals surface area (Å²) in [6, 6.07) is 3.56. The van der Waals surface area contributed by atoms with Crippen LogP contribution in [0.3, 0.4) is 0 Å². The first kappa shape index (κ1) is 16.2. The first-order valence-corrected chi connectivity index (χ1v) is 7.81. The van der Waals surface area contributed by atoms with Gasteiger partial charge in [-0.1, -0.05) is 6.92 Å². The Morgan fingerprint density at radius 1 is 1.52 bits per heavy atom. The van der Waals surface area contributed by atoms with E-state index in [1.165, 1.54) is 0 Å². The van der Waals surface area contributed by atoms with Crippen molar-refractivity contribution < 1.29 is 18.7 Å². The Labute approximate surface area is 127 Å². The minimum absolute atomic E-state index is 0.159. The molecule has 21 heavy (non-hydrogen) atoms. The van der Waals surface area contributed by atoms with Gasteiger partial charge in [0.05, 0.1) is 0 Å². The smallest absolute Gasteiger partial charge is 0.323 e. The van der Waals surface area contributed by atoms with Crippen molar-refractivity contribution in [2.24, 2.45) is 0 Å². The molecule has 0 bridgehead atoms. The van der Waals surface area contributed by atoms with Crippen LogP contribution < -0.4 is 5.32 Å². The number of thioether (sulfide) groups is 1. The van der Waals surface area contributed by atoms with Crippen LogP contribution in [-0.2, 0) is 4.79 Å². The largest absolute Gasteiger partial charge is 0.480 e. The molecule has 2 N–H and O–H groups in total. The maximum atomic E-state index is 13.6. The van der Waals surface area contributed by atoms with Crippen LogP contribution in [0.15, 0.2) is 23.1 Å². The van der Waals surface area contributed by atoms with Gasteiger partial charge in [-0.25, -0.2) is 8.78 Å². The lowest BCUT2D eigenvalue weighted by molar-refractivity contribution is -0.144. The number of halogens is 2. The molecule has 6 heteroatoms. The van der Waals surface area contributed by atoms with E-state index in [1.54, 1.807) is 6.92 Å². The fourth-order valence-corrected chi connectivity index (χ4v) is 3.50. The molecule has 0 aliphatic heterocycles. The van der Waals surface area contributed by atoms with Crippen LogP contribution in [0.4, 0.5) is 8.78 Å². The second kappa shape index (κ2) is 6.32. The number of carboxylic acids is 1. The highest BCUT2D eigenvalue weighted by molar-refractivity contribution is 8.00. The van der Waals surface area contributed by atoms with E-state index >= 15 is 0 Å². The normalized spacial score (nSPS) is 19.0. The van der Waals surface area contributed by atoms with Crippen LogP contribution in [0.5, 0.6) is 0 Å². The zero-order chi connectivity index (χ0) is 15.6. The number of carboxylic acid groups (broad SMARTS) is 1. The first-order chi connectivity index (χ1) is 9.80. The molecule has 1 aliphatic rings. The molecule has 0 aromatic heterocycles. The molecule has 1 aliphatic carbocycles. The lowest BCUT2D eigenvalue weighted by atomic mass is 9.96. The van der Waals surface area contributed by atoms with Crippen molar-refractivity contribution in [2.75, 3.05) is 0 Å². The molecule has 3 nitrogen and oxygen atoms in total. The molecule has 1 aromatic carbocycles. The monoisotopic (exact) mass is 315 g/mol. The summed E-state index contributed by atoms with van der Waals surface area (Å²) in [5, 5.41) is 12.4. The summed E-state index contributed by atoms with van der Waals surface area (Å²) in [5.41, 5.74) is -1.04. The summed E-state index contributed by atoms with van der Waals surface area (Å²) in [5.74, 6) is -1.90. The van der Waals surface area contributed by atoms with E-state index in [0.717, 1.165) is 42.8 Å². The van der Waals surface area contributed by atoms with Gasteiger partial charge in [0.15, 0.2) is 0 Å². The van der Waals surface area contributed by atoms with Crippen molar-refractivity contribution in [2.45, 2.75) is 54.8 Å². The molecule has 2 rings (SSSR count). The minimum Gasteiger partial charge on any atom is -0.480 e. The van der Waals surface area contributed by atoms with E-state index in [9.17, 15) is 18.7 Å². The number of nitrogens with one attached hydrogen (secondary N) is 1. The van der Waals surface area contributed by atoms with E-state index in [-0.39, 0.29) is 16.2 Å². The van der Waals surface area contributed by atoms with Crippen molar-refractivity contribution >= 4 is 17.7 Å². The average Bonchev–Trinajstić information content (AvgIpc) is 3.17. The molecule has 116 valence electrons. The van der Waals surface area contributed by atoms with E-state index in [4.69, 9.17) is 0 Å². The molecular formula is C15H19F2NO2S. The van der Waals surface area contributed by atoms with Gasteiger partial charge in [0.1, 0.15) is 17.2 Å². The van der Waals surface area contributed by atoms with E-state index in [1.807, 2.05) is 6.92 Å². The molecule has 2 atom stereocenters. The highest BCUT2D eigenvalue weighted by atomic mass is 32.2. The van der Waals surface area contributed by atoms with Crippen LogP contribution in [-0.4, -0.2) is 27.9 Å². The van der Waals surface area contributed by atoms with Gasteiger partial charge < -0.3 is 5.11 Å². The molecule has 1 saturated carbocycles. The Kier molecular flexibility index (Phi) is 4.88. The Hall–Kier alpha value is -1.14. The quantitative estimate of drug-likeness (QED) is 0.757. The summed E-state index contributed by atoms with van der Waals surface area (Å²) in [6.07, 6.45) is 2.31. The molecule has 2 unspecified atom stereocenters. The Morgan fingerprint density at radius 3 is 2.76 bits per heavy atom. The SMILES string of the molecule is CC(CC(C)(NC1CC1)C(=O)O)Sc1cc(F)ccc1F. The van der Waals surface area contributed by atoms with Crippen molar-refractivity contribution in [3.8, 4) is 0 Å². The second-order valence-corrected chi connectivity index (χ2v) is 7.24. The zero-order valence-electron chi connectivity index (χ0n) is 12.0. The van der Waals surface area contributed by atoms with Gasteiger partial charge >= 0.3 is 5.97 Å². The lowest BCUT2D eigenvalue weighted by Gasteiger charge is -2.29. The number of hydrogen-bond donors (Lipinski definition) is 2. The van der Waals surface area contributed by atoms with Crippen molar-refractivity contribution in [1.82, 2.24) is 5.32 Å². The molecule has 0 heterocycles. The van der Waals surface area contributed by atoms with Gasteiger partial charge in [-0.2, -0.15) is 0 Å².